The zero-order valence-corrected chi connectivity index (χ0v) is 13.3. The highest BCUT2D eigenvalue weighted by Gasteiger charge is 2.16. The molecule has 116 valence electrons. The summed E-state index contributed by atoms with van der Waals surface area (Å²) in [6, 6.07) is 6.04. The molecule has 0 fully saturated rings. The molecule has 21 heavy (non-hydrogen) atoms. The lowest BCUT2D eigenvalue weighted by Crippen LogP contribution is -2.32. The van der Waals surface area contributed by atoms with Crippen LogP contribution in [0, 0.1) is 0 Å². The molecule has 2 aromatic rings. The minimum Gasteiger partial charge on any atom is -0.387 e. The molecule has 0 spiro atoms. The summed E-state index contributed by atoms with van der Waals surface area (Å²) in [6.07, 6.45) is 6.27. The van der Waals surface area contributed by atoms with E-state index in [2.05, 4.69) is 17.2 Å². The average molecular weight is 289 g/mol. The Kier molecular flexibility index (Phi) is 5.76. The van der Waals surface area contributed by atoms with Crippen molar-refractivity contribution < 1.29 is 5.11 Å². The fourth-order valence-electron chi connectivity index (χ4n) is 2.62. The third kappa shape index (κ3) is 4.05. The molecule has 2 rings (SSSR count). The molecule has 0 aliphatic carbocycles. The van der Waals surface area contributed by atoms with Crippen molar-refractivity contribution in [3.8, 4) is 0 Å². The number of aryl methyl sites for hydroxylation is 1. The van der Waals surface area contributed by atoms with Gasteiger partial charge in [-0.15, -0.1) is 0 Å². The van der Waals surface area contributed by atoms with Gasteiger partial charge < -0.3 is 15.0 Å². The smallest absolute Gasteiger partial charge is 0.0955 e. The molecule has 0 amide bonds. The molecule has 2 N–H and O–H groups in total. The number of rotatable bonds is 8. The summed E-state index contributed by atoms with van der Waals surface area (Å²) in [6.45, 7) is 5.21. The van der Waals surface area contributed by atoms with E-state index in [9.17, 15) is 5.11 Å². The van der Waals surface area contributed by atoms with Crippen LogP contribution in [0.4, 0.5) is 0 Å². The van der Waals surface area contributed by atoms with Crippen LogP contribution < -0.4 is 5.32 Å². The van der Waals surface area contributed by atoms with E-state index in [1.807, 2.05) is 36.7 Å². The second-order valence-corrected chi connectivity index (χ2v) is 5.85. The van der Waals surface area contributed by atoms with E-state index in [1.165, 1.54) is 25.7 Å². The summed E-state index contributed by atoms with van der Waals surface area (Å²) >= 11 is 0. The first kappa shape index (κ1) is 16.0. The van der Waals surface area contributed by atoms with E-state index in [4.69, 9.17) is 0 Å². The summed E-state index contributed by atoms with van der Waals surface area (Å²) in [5, 5.41) is 13.9. The van der Waals surface area contributed by atoms with Crippen LogP contribution in [0.3, 0.4) is 0 Å². The molecule has 0 aliphatic rings. The number of aromatic nitrogens is 2. The Bertz CT molecular complexity index is 564. The Balaban J connectivity index is 1.92. The van der Waals surface area contributed by atoms with Gasteiger partial charge in [0.1, 0.15) is 0 Å². The van der Waals surface area contributed by atoms with Gasteiger partial charge in [0, 0.05) is 13.1 Å². The van der Waals surface area contributed by atoms with Crippen LogP contribution in [0.1, 0.15) is 51.2 Å². The Hall–Kier alpha value is -1.39. The molecule has 0 saturated carbocycles. The average Bonchev–Trinajstić information content (AvgIpc) is 2.87. The molecule has 4 heteroatoms. The standard InChI is InChI=1S/C17H27N3O/c1-4-5-6-7-10-18-13(2)17(21)14-8-9-16-15(11-14)19-12-20(16)3/h8-9,11-13,17-18,21H,4-7,10H2,1-3H3. The van der Waals surface area contributed by atoms with Gasteiger partial charge in [0.15, 0.2) is 0 Å². The van der Waals surface area contributed by atoms with Crippen molar-refractivity contribution in [3.05, 3.63) is 30.1 Å². The van der Waals surface area contributed by atoms with Crippen molar-refractivity contribution >= 4 is 11.0 Å². The van der Waals surface area contributed by atoms with Gasteiger partial charge in [-0.1, -0.05) is 32.3 Å². The Morgan fingerprint density at radius 2 is 2.10 bits per heavy atom. The number of aliphatic hydroxyl groups is 1. The molecule has 1 heterocycles. The predicted octanol–water partition coefficient (Wildman–Crippen LogP) is 3.17. The topological polar surface area (TPSA) is 50.1 Å². The molecular weight excluding hydrogens is 262 g/mol. The van der Waals surface area contributed by atoms with Gasteiger partial charge in [0.2, 0.25) is 0 Å². The van der Waals surface area contributed by atoms with Crippen LogP contribution in [-0.4, -0.2) is 27.2 Å². The maximum Gasteiger partial charge on any atom is 0.0955 e. The number of aliphatic hydroxyl groups excluding tert-OH is 1. The number of fused-ring (bicyclic) bond motifs is 1. The van der Waals surface area contributed by atoms with Crippen LogP contribution in [0.5, 0.6) is 0 Å². The van der Waals surface area contributed by atoms with Crippen LogP contribution in [0.25, 0.3) is 11.0 Å². The number of imidazole rings is 1. The van der Waals surface area contributed by atoms with Crippen molar-refractivity contribution in [2.24, 2.45) is 7.05 Å². The number of nitrogens with zero attached hydrogens (tertiary/aromatic N) is 2. The molecule has 2 atom stereocenters. The maximum atomic E-state index is 10.5. The molecule has 2 unspecified atom stereocenters. The maximum absolute atomic E-state index is 10.5. The minimum absolute atomic E-state index is 0.0489. The Morgan fingerprint density at radius 1 is 1.29 bits per heavy atom. The van der Waals surface area contributed by atoms with Gasteiger partial charge in [0.05, 0.1) is 23.5 Å². The van der Waals surface area contributed by atoms with Crippen molar-refractivity contribution in [1.82, 2.24) is 14.9 Å². The third-order valence-electron chi connectivity index (χ3n) is 4.06. The van der Waals surface area contributed by atoms with Gasteiger partial charge in [0.25, 0.3) is 0 Å². The van der Waals surface area contributed by atoms with E-state index in [0.29, 0.717) is 0 Å². The zero-order valence-electron chi connectivity index (χ0n) is 13.3. The van der Waals surface area contributed by atoms with Crippen molar-refractivity contribution in [1.29, 1.82) is 0 Å². The Labute approximate surface area is 127 Å². The molecule has 0 aliphatic heterocycles. The van der Waals surface area contributed by atoms with E-state index >= 15 is 0 Å². The first-order chi connectivity index (χ1) is 10.1. The molecule has 4 nitrogen and oxygen atoms in total. The summed E-state index contributed by atoms with van der Waals surface area (Å²) < 4.78 is 1.99. The fraction of sp³-hybridized carbons (Fsp3) is 0.588. The number of benzene rings is 1. The van der Waals surface area contributed by atoms with Crippen LogP contribution >= 0.6 is 0 Å². The summed E-state index contributed by atoms with van der Waals surface area (Å²) in [4.78, 5) is 4.35. The van der Waals surface area contributed by atoms with E-state index in [-0.39, 0.29) is 6.04 Å². The summed E-state index contributed by atoms with van der Waals surface area (Å²) in [7, 11) is 1.98. The zero-order chi connectivity index (χ0) is 15.2. The van der Waals surface area contributed by atoms with Crippen LogP contribution in [0.15, 0.2) is 24.5 Å². The fourth-order valence-corrected chi connectivity index (χ4v) is 2.62. The second kappa shape index (κ2) is 7.57. The molecular formula is C17H27N3O. The van der Waals surface area contributed by atoms with Gasteiger partial charge in [-0.05, 0) is 37.6 Å². The summed E-state index contributed by atoms with van der Waals surface area (Å²) in [5.41, 5.74) is 2.95. The monoisotopic (exact) mass is 289 g/mol. The SMILES string of the molecule is CCCCCCNC(C)C(O)c1ccc2c(c1)ncn2C. The van der Waals surface area contributed by atoms with Gasteiger partial charge in [-0.3, -0.25) is 0 Å². The van der Waals surface area contributed by atoms with Gasteiger partial charge >= 0.3 is 0 Å². The predicted molar refractivity (Wildman–Crippen MR) is 87.3 cm³/mol. The van der Waals surface area contributed by atoms with Crippen molar-refractivity contribution in [2.75, 3.05) is 6.54 Å². The molecule has 1 aromatic heterocycles. The molecule has 0 saturated heterocycles. The molecule has 1 aromatic carbocycles. The number of unbranched alkanes of at least 4 members (excludes halogenated alkanes) is 3. The molecule has 0 bridgehead atoms. The van der Waals surface area contributed by atoms with E-state index in [1.54, 1.807) is 6.33 Å². The summed E-state index contributed by atoms with van der Waals surface area (Å²) in [5.74, 6) is 0. The number of nitrogens with one attached hydrogen (secondary N) is 1. The van der Waals surface area contributed by atoms with Crippen LogP contribution in [-0.2, 0) is 7.05 Å². The quantitative estimate of drug-likeness (QED) is 0.734. The van der Waals surface area contributed by atoms with Gasteiger partial charge in [-0.25, -0.2) is 4.98 Å². The number of hydrogen-bond acceptors (Lipinski definition) is 3. The highest BCUT2D eigenvalue weighted by molar-refractivity contribution is 5.76. The van der Waals surface area contributed by atoms with E-state index < -0.39 is 6.10 Å². The second-order valence-electron chi connectivity index (χ2n) is 5.85. The lowest BCUT2D eigenvalue weighted by atomic mass is 10.0. The van der Waals surface area contributed by atoms with E-state index in [0.717, 1.165) is 23.1 Å². The largest absolute Gasteiger partial charge is 0.387 e. The number of hydrogen-bond donors (Lipinski definition) is 2. The van der Waals surface area contributed by atoms with Crippen molar-refractivity contribution in [3.63, 3.8) is 0 Å². The minimum atomic E-state index is -0.498. The highest BCUT2D eigenvalue weighted by Crippen LogP contribution is 2.21. The third-order valence-corrected chi connectivity index (χ3v) is 4.06. The first-order valence-electron chi connectivity index (χ1n) is 7.96. The molecule has 0 radical (unpaired) electrons. The highest BCUT2D eigenvalue weighted by atomic mass is 16.3. The Morgan fingerprint density at radius 3 is 2.86 bits per heavy atom. The lowest BCUT2D eigenvalue weighted by molar-refractivity contribution is 0.136. The van der Waals surface area contributed by atoms with Gasteiger partial charge in [-0.2, -0.15) is 0 Å². The lowest BCUT2D eigenvalue weighted by Gasteiger charge is -2.20. The van der Waals surface area contributed by atoms with Crippen LogP contribution in [0.2, 0.25) is 0 Å². The normalized spacial score (nSPS) is 14.5. The van der Waals surface area contributed by atoms with Crippen molar-refractivity contribution in [2.45, 2.75) is 51.7 Å². The first-order valence-corrected chi connectivity index (χ1v) is 7.96.